The van der Waals surface area contributed by atoms with Crippen molar-refractivity contribution in [1.82, 2.24) is 16.0 Å². The van der Waals surface area contributed by atoms with E-state index >= 15 is 0 Å². The van der Waals surface area contributed by atoms with E-state index in [9.17, 15) is 24.0 Å². The largest absolute Gasteiger partial charge is 0.481 e. The Morgan fingerprint density at radius 2 is 1.52 bits per heavy atom. The van der Waals surface area contributed by atoms with E-state index in [-0.39, 0.29) is 13.0 Å². The van der Waals surface area contributed by atoms with Gasteiger partial charge in [0.05, 0.1) is 13.0 Å². The molecule has 0 spiro atoms. The zero-order valence-corrected chi connectivity index (χ0v) is 17.3. The third-order valence-corrected chi connectivity index (χ3v) is 4.36. The van der Waals surface area contributed by atoms with Crippen molar-refractivity contribution >= 4 is 29.7 Å². The Balaban J connectivity index is 2.98. The molecule has 0 aliphatic rings. The van der Waals surface area contributed by atoms with Crippen LogP contribution in [0.1, 0.15) is 25.8 Å². The number of amides is 3. The number of aliphatic carboxylic acids is 2. The van der Waals surface area contributed by atoms with Crippen molar-refractivity contribution in [1.29, 1.82) is 0 Å². The van der Waals surface area contributed by atoms with Crippen molar-refractivity contribution in [2.75, 3.05) is 6.54 Å². The predicted octanol–water partition coefficient (Wildman–Crippen LogP) is -1.14. The van der Waals surface area contributed by atoms with Crippen LogP contribution in [0, 0.1) is 5.92 Å². The van der Waals surface area contributed by atoms with Gasteiger partial charge in [-0.3, -0.25) is 19.2 Å². The molecule has 3 amide bonds. The second-order valence-corrected chi connectivity index (χ2v) is 7.24. The van der Waals surface area contributed by atoms with Crippen LogP contribution >= 0.6 is 0 Å². The highest BCUT2D eigenvalue weighted by Gasteiger charge is 2.32. The molecule has 0 heterocycles. The Bertz CT molecular complexity index is 798. The molecule has 0 saturated carbocycles. The number of hydrogen-bond acceptors (Lipinski definition) is 6. The number of carboxylic acids is 2. The average Bonchev–Trinajstić information content (AvgIpc) is 2.70. The van der Waals surface area contributed by atoms with E-state index in [2.05, 4.69) is 16.0 Å². The van der Waals surface area contributed by atoms with Crippen molar-refractivity contribution in [3.8, 4) is 0 Å². The van der Waals surface area contributed by atoms with Gasteiger partial charge in [0.15, 0.2) is 0 Å². The third kappa shape index (κ3) is 8.83. The molecule has 0 aromatic heterocycles. The molecule has 0 bridgehead atoms. The monoisotopic (exact) mass is 436 g/mol. The quantitative estimate of drug-likeness (QED) is 0.237. The van der Waals surface area contributed by atoms with Crippen LogP contribution in [-0.4, -0.2) is 64.5 Å². The van der Waals surface area contributed by atoms with Gasteiger partial charge in [-0.05, 0) is 11.5 Å². The number of carboxylic acid groups (broad SMARTS) is 2. The topological polar surface area (TPSA) is 188 Å². The zero-order chi connectivity index (χ0) is 23.6. The smallest absolute Gasteiger partial charge is 0.326 e. The van der Waals surface area contributed by atoms with Gasteiger partial charge in [0, 0.05) is 6.42 Å². The Morgan fingerprint density at radius 3 is 2.00 bits per heavy atom. The van der Waals surface area contributed by atoms with Gasteiger partial charge in [-0.25, -0.2) is 4.79 Å². The third-order valence-electron chi connectivity index (χ3n) is 4.36. The fourth-order valence-corrected chi connectivity index (χ4v) is 2.74. The molecule has 1 aromatic carbocycles. The minimum atomic E-state index is -1.65. The highest BCUT2D eigenvalue weighted by molar-refractivity contribution is 5.94. The number of carbonyl (C=O) groups is 5. The summed E-state index contributed by atoms with van der Waals surface area (Å²) < 4.78 is 0. The highest BCUT2D eigenvalue weighted by atomic mass is 16.4. The van der Waals surface area contributed by atoms with Gasteiger partial charge in [0.2, 0.25) is 17.7 Å². The minimum Gasteiger partial charge on any atom is -0.481 e. The van der Waals surface area contributed by atoms with Crippen molar-refractivity contribution in [3.63, 3.8) is 0 Å². The molecule has 31 heavy (non-hydrogen) atoms. The van der Waals surface area contributed by atoms with Crippen molar-refractivity contribution < 1.29 is 34.2 Å². The van der Waals surface area contributed by atoms with E-state index in [4.69, 9.17) is 15.9 Å². The van der Waals surface area contributed by atoms with Crippen LogP contribution in [0.15, 0.2) is 30.3 Å². The number of carbonyl (C=O) groups excluding carboxylic acids is 3. The summed E-state index contributed by atoms with van der Waals surface area (Å²) in [5.74, 6) is -5.43. The summed E-state index contributed by atoms with van der Waals surface area (Å²) in [6.07, 6.45) is -0.676. The van der Waals surface area contributed by atoms with Gasteiger partial charge in [-0.15, -0.1) is 0 Å². The number of benzene rings is 1. The van der Waals surface area contributed by atoms with Crippen LogP contribution in [0.5, 0.6) is 0 Å². The first-order chi connectivity index (χ1) is 14.5. The van der Waals surface area contributed by atoms with Crippen LogP contribution in [0.2, 0.25) is 0 Å². The molecule has 11 nitrogen and oxygen atoms in total. The molecule has 1 aromatic rings. The van der Waals surface area contributed by atoms with Gasteiger partial charge in [-0.2, -0.15) is 0 Å². The lowest BCUT2D eigenvalue weighted by atomic mass is 10.0. The minimum absolute atomic E-state index is 0.140. The summed E-state index contributed by atoms with van der Waals surface area (Å²) in [6.45, 7) is 2.92. The first-order valence-electron chi connectivity index (χ1n) is 9.63. The Hall–Kier alpha value is -3.47. The van der Waals surface area contributed by atoms with Crippen LogP contribution in [0.3, 0.4) is 0 Å². The highest BCUT2D eigenvalue weighted by Crippen LogP contribution is 2.07. The summed E-state index contributed by atoms with van der Waals surface area (Å²) in [4.78, 5) is 59.3. The SMILES string of the molecule is CC(C)[C@H](NC(=O)[C@@H](Cc1ccccc1)NC(=O)CN)C(=O)N[C@@H](CC(=O)O)C(=O)O. The van der Waals surface area contributed by atoms with E-state index in [0.29, 0.717) is 0 Å². The maximum absolute atomic E-state index is 12.9. The van der Waals surface area contributed by atoms with Gasteiger partial charge < -0.3 is 31.9 Å². The molecule has 7 N–H and O–H groups in total. The molecule has 0 aliphatic carbocycles. The average molecular weight is 436 g/mol. The molecular weight excluding hydrogens is 408 g/mol. The van der Waals surface area contributed by atoms with E-state index in [0.717, 1.165) is 5.56 Å². The Kier molecular flexibility index (Phi) is 10.1. The lowest BCUT2D eigenvalue weighted by Gasteiger charge is -2.26. The maximum atomic E-state index is 12.9. The second-order valence-electron chi connectivity index (χ2n) is 7.24. The van der Waals surface area contributed by atoms with E-state index in [1.165, 1.54) is 0 Å². The summed E-state index contributed by atoms with van der Waals surface area (Å²) >= 11 is 0. The van der Waals surface area contributed by atoms with Crippen LogP contribution in [-0.2, 0) is 30.4 Å². The molecule has 0 aliphatic heterocycles. The summed E-state index contributed by atoms with van der Waals surface area (Å²) in [7, 11) is 0. The maximum Gasteiger partial charge on any atom is 0.326 e. The van der Waals surface area contributed by atoms with Crippen molar-refractivity contribution in [2.45, 2.75) is 44.8 Å². The summed E-state index contributed by atoms with van der Waals surface area (Å²) in [5.41, 5.74) is 6.08. The predicted molar refractivity (Wildman–Crippen MR) is 110 cm³/mol. The summed E-state index contributed by atoms with van der Waals surface area (Å²) in [5, 5.41) is 25.1. The fourth-order valence-electron chi connectivity index (χ4n) is 2.74. The normalized spacial score (nSPS) is 13.5. The van der Waals surface area contributed by atoms with Crippen LogP contribution in [0.25, 0.3) is 0 Å². The molecule has 11 heteroatoms. The van der Waals surface area contributed by atoms with Gasteiger partial charge >= 0.3 is 11.9 Å². The van der Waals surface area contributed by atoms with Gasteiger partial charge in [0.1, 0.15) is 18.1 Å². The molecule has 0 saturated heterocycles. The van der Waals surface area contributed by atoms with Gasteiger partial charge in [0.25, 0.3) is 0 Å². The standard InChI is InChI=1S/C20H28N4O7/c1-11(2)17(19(29)23-14(20(30)31)9-16(26)27)24-18(28)13(22-15(25)10-21)8-12-6-4-3-5-7-12/h3-7,11,13-14,17H,8-10,21H2,1-2H3,(H,22,25)(H,23,29)(H,24,28)(H,26,27)(H,30,31)/t13-,14+,17+/m1/s1. The van der Waals surface area contributed by atoms with E-state index < -0.39 is 60.1 Å². The van der Waals surface area contributed by atoms with E-state index in [1.54, 1.807) is 44.2 Å². The number of hydrogen-bond donors (Lipinski definition) is 6. The molecule has 170 valence electrons. The van der Waals surface area contributed by atoms with E-state index in [1.807, 2.05) is 0 Å². The number of nitrogens with one attached hydrogen (secondary N) is 3. The van der Waals surface area contributed by atoms with Crippen molar-refractivity contribution in [3.05, 3.63) is 35.9 Å². The number of rotatable bonds is 12. The Labute approximate surface area is 179 Å². The van der Waals surface area contributed by atoms with Crippen molar-refractivity contribution in [2.24, 2.45) is 11.7 Å². The molecule has 0 radical (unpaired) electrons. The molecule has 0 unspecified atom stereocenters. The molecule has 0 fully saturated rings. The first-order valence-corrected chi connectivity index (χ1v) is 9.63. The molecule has 3 atom stereocenters. The first kappa shape index (κ1) is 25.6. The number of nitrogens with two attached hydrogens (primary N) is 1. The van der Waals surface area contributed by atoms with Gasteiger partial charge in [-0.1, -0.05) is 44.2 Å². The molecular formula is C20H28N4O7. The lowest BCUT2D eigenvalue weighted by molar-refractivity contribution is -0.147. The lowest BCUT2D eigenvalue weighted by Crippen LogP contribution is -2.58. The second kappa shape index (κ2) is 12.3. The van der Waals surface area contributed by atoms with Crippen LogP contribution < -0.4 is 21.7 Å². The van der Waals surface area contributed by atoms with Crippen LogP contribution in [0.4, 0.5) is 0 Å². The molecule has 1 rings (SSSR count). The Morgan fingerprint density at radius 1 is 0.903 bits per heavy atom. The summed E-state index contributed by atoms with van der Waals surface area (Å²) in [6, 6.07) is 5.04. The zero-order valence-electron chi connectivity index (χ0n) is 17.3. The fraction of sp³-hybridized carbons (Fsp3) is 0.450.